The predicted octanol–water partition coefficient (Wildman–Crippen LogP) is 6.67. The lowest BCUT2D eigenvalue weighted by atomic mass is 9.96. The lowest BCUT2D eigenvalue weighted by molar-refractivity contribution is -0.120. The standard InChI is InChI=1S/C30H34N4O4S/c1-6-7-8-9-15-30(20-35,38-29-14-13-21(2)16-22(29)3)33-27-12-10-11-24-25(27)17-23(34-39(5,36)37)18-26(24)28(19-31)32-4/h10-14,16-18,20,28,33-34H,6-9,15H2,1-3,5H3. The molecular weight excluding hydrogens is 512 g/mol. The number of aldehydes is 1. The number of anilines is 2. The highest BCUT2D eigenvalue weighted by Crippen LogP contribution is 2.37. The Morgan fingerprint density at radius 3 is 2.51 bits per heavy atom. The molecule has 8 nitrogen and oxygen atoms in total. The van der Waals surface area contributed by atoms with Crippen molar-refractivity contribution in [2.45, 2.75) is 64.6 Å². The summed E-state index contributed by atoms with van der Waals surface area (Å²) < 4.78 is 32.9. The fourth-order valence-corrected chi connectivity index (χ4v) is 5.14. The van der Waals surface area contributed by atoms with Gasteiger partial charge in [0.25, 0.3) is 0 Å². The highest BCUT2D eigenvalue weighted by molar-refractivity contribution is 7.92. The quantitative estimate of drug-likeness (QED) is 0.107. The maximum absolute atomic E-state index is 12.8. The van der Waals surface area contributed by atoms with Gasteiger partial charge in [0.1, 0.15) is 5.75 Å². The Balaban J connectivity index is 2.18. The normalized spacial score (nSPS) is 13.5. The smallest absolute Gasteiger partial charge is 0.333 e. The fraction of sp³-hybridized carbons (Fsp3) is 0.367. The third kappa shape index (κ3) is 7.49. The second-order valence-corrected chi connectivity index (χ2v) is 11.6. The number of unbranched alkanes of at least 4 members (excludes halogenated alkanes) is 3. The molecule has 3 aromatic carbocycles. The molecule has 0 amide bonds. The molecule has 0 spiro atoms. The average Bonchev–Trinajstić information content (AvgIpc) is 2.88. The Morgan fingerprint density at radius 1 is 1.13 bits per heavy atom. The molecule has 2 N–H and O–H groups in total. The molecule has 0 aliphatic carbocycles. The van der Waals surface area contributed by atoms with E-state index in [0.717, 1.165) is 49.4 Å². The summed E-state index contributed by atoms with van der Waals surface area (Å²) in [6.45, 7) is 13.5. The minimum absolute atomic E-state index is 0.216. The van der Waals surface area contributed by atoms with E-state index < -0.39 is 21.8 Å². The van der Waals surface area contributed by atoms with Crippen LogP contribution in [-0.2, 0) is 14.8 Å². The van der Waals surface area contributed by atoms with Crippen LogP contribution in [0.4, 0.5) is 11.4 Å². The molecule has 2 atom stereocenters. The van der Waals surface area contributed by atoms with Crippen molar-refractivity contribution >= 4 is 38.5 Å². The first kappa shape index (κ1) is 29.5. The van der Waals surface area contributed by atoms with E-state index in [1.807, 2.05) is 38.1 Å². The zero-order chi connectivity index (χ0) is 28.6. The van der Waals surface area contributed by atoms with Gasteiger partial charge < -0.3 is 10.1 Å². The van der Waals surface area contributed by atoms with Crippen molar-refractivity contribution < 1.29 is 17.9 Å². The third-order valence-corrected chi connectivity index (χ3v) is 7.04. The molecule has 39 heavy (non-hydrogen) atoms. The number of rotatable bonds is 13. The average molecular weight is 547 g/mol. The molecule has 9 heteroatoms. The fourth-order valence-electron chi connectivity index (χ4n) is 4.59. The van der Waals surface area contributed by atoms with Gasteiger partial charge in [-0.3, -0.25) is 14.4 Å². The van der Waals surface area contributed by atoms with Crippen molar-refractivity contribution in [2.24, 2.45) is 0 Å². The molecule has 204 valence electrons. The van der Waals surface area contributed by atoms with Crippen molar-refractivity contribution in [1.29, 1.82) is 5.26 Å². The minimum Gasteiger partial charge on any atom is -0.461 e. The third-order valence-electron chi connectivity index (χ3n) is 6.44. The number of nitriles is 1. The van der Waals surface area contributed by atoms with Crippen LogP contribution < -0.4 is 14.8 Å². The van der Waals surface area contributed by atoms with Crippen LogP contribution in [0, 0.1) is 31.8 Å². The number of ether oxygens (including phenoxy) is 1. The number of hydrogen-bond acceptors (Lipinski definition) is 6. The molecule has 3 rings (SSSR count). The second-order valence-electron chi connectivity index (χ2n) is 9.82. The van der Waals surface area contributed by atoms with Crippen LogP contribution in [-0.4, -0.2) is 26.7 Å². The van der Waals surface area contributed by atoms with E-state index >= 15 is 0 Å². The van der Waals surface area contributed by atoms with Crippen molar-refractivity contribution in [3.8, 4) is 11.8 Å². The zero-order valence-electron chi connectivity index (χ0n) is 22.7. The summed E-state index contributed by atoms with van der Waals surface area (Å²) >= 11 is 0. The van der Waals surface area contributed by atoms with Gasteiger partial charge in [0.15, 0.2) is 12.4 Å². The lowest BCUT2D eigenvalue weighted by Crippen LogP contribution is -2.46. The number of aryl methyl sites for hydroxylation is 2. The molecule has 0 saturated heterocycles. The molecule has 3 aromatic rings. The molecule has 0 fully saturated rings. The van der Waals surface area contributed by atoms with Crippen LogP contribution in [0.15, 0.2) is 48.5 Å². The van der Waals surface area contributed by atoms with Crippen molar-refractivity contribution in [1.82, 2.24) is 0 Å². The van der Waals surface area contributed by atoms with E-state index in [9.17, 15) is 18.5 Å². The summed E-state index contributed by atoms with van der Waals surface area (Å²) in [6.07, 6.45) is 5.95. The van der Waals surface area contributed by atoms with Gasteiger partial charge in [-0.1, -0.05) is 56.0 Å². The molecule has 0 bridgehead atoms. The predicted molar refractivity (Wildman–Crippen MR) is 155 cm³/mol. The van der Waals surface area contributed by atoms with Crippen molar-refractivity contribution in [3.05, 3.63) is 76.6 Å². The van der Waals surface area contributed by atoms with Gasteiger partial charge >= 0.3 is 6.04 Å². The summed E-state index contributed by atoms with van der Waals surface area (Å²) in [5, 5.41) is 14.1. The van der Waals surface area contributed by atoms with Gasteiger partial charge in [0.2, 0.25) is 15.7 Å². The maximum Gasteiger partial charge on any atom is 0.333 e. The monoisotopic (exact) mass is 546 g/mol. The largest absolute Gasteiger partial charge is 0.461 e. The van der Waals surface area contributed by atoms with Gasteiger partial charge in [-0.25, -0.2) is 15.0 Å². The number of fused-ring (bicyclic) bond motifs is 1. The molecule has 0 heterocycles. The Hall–Kier alpha value is -4.08. The Kier molecular flexibility index (Phi) is 9.56. The SMILES string of the molecule is [C-]#[N+]C(C#N)c1cc(NS(C)(=O)=O)cc2c(NC(C=O)(CCCCCC)Oc3ccc(C)cc3C)cccc12. The first-order valence-electron chi connectivity index (χ1n) is 12.9. The lowest BCUT2D eigenvalue weighted by Gasteiger charge is -2.32. The molecule has 0 aromatic heterocycles. The molecule has 0 radical (unpaired) electrons. The molecular formula is C30H34N4O4S. The number of carbonyl (C=O) groups excluding carboxylic acids is 1. The Bertz CT molecular complexity index is 1530. The van der Waals surface area contributed by atoms with Crippen LogP contribution in [0.1, 0.15) is 61.8 Å². The first-order valence-corrected chi connectivity index (χ1v) is 14.7. The molecule has 0 aliphatic rings. The Labute approximate surface area is 230 Å². The van der Waals surface area contributed by atoms with Crippen LogP contribution in [0.3, 0.4) is 0 Å². The number of carbonyl (C=O) groups is 1. The first-order chi connectivity index (χ1) is 18.5. The summed E-state index contributed by atoms with van der Waals surface area (Å²) in [7, 11) is -3.63. The summed E-state index contributed by atoms with van der Waals surface area (Å²) in [5.74, 6) is 0.577. The van der Waals surface area contributed by atoms with Crippen LogP contribution >= 0.6 is 0 Å². The highest BCUT2D eigenvalue weighted by Gasteiger charge is 2.33. The van der Waals surface area contributed by atoms with Gasteiger partial charge in [0.05, 0.1) is 11.8 Å². The van der Waals surface area contributed by atoms with Gasteiger partial charge in [-0.15, -0.1) is 0 Å². The number of sulfonamides is 1. The minimum atomic E-state index is -3.63. The second kappa shape index (κ2) is 12.6. The van der Waals surface area contributed by atoms with E-state index in [4.69, 9.17) is 11.3 Å². The highest BCUT2D eigenvalue weighted by atomic mass is 32.2. The van der Waals surface area contributed by atoms with Crippen molar-refractivity contribution in [2.75, 3.05) is 16.3 Å². The molecule has 0 saturated carbocycles. The summed E-state index contributed by atoms with van der Waals surface area (Å²) in [4.78, 5) is 16.2. The van der Waals surface area contributed by atoms with E-state index in [2.05, 4.69) is 21.8 Å². The number of nitrogens with one attached hydrogen (secondary N) is 2. The number of benzene rings is 3. The Morgan fingerprint density at radius 2 is 1.90 bits per heavy atom. The van der Waals surface area contributed by atoms with Gasteiger partial charge in [-0.05, 0) is 55.5 Å². The summed E-state index contributed by atoms with van der Waals surface area (Å²) in [6, 6.07) is 15.0. The van der Waals surface area contributed by atoms with E-state index in [-0.39, 0.29) is 5.69 Å². The van der Waals surface area contributed by atoms with Crippen LogP contribution in [0.2, 0.25) is 0 Å². The molecule has 0 aliphatic heterocycles. The van der Waals surface area contributed by atoms with Crippen LogP contribution in [0.25, 0.3) is 15.6 Å². The van der Waals surface area contributed by atoms with Crippen LogP contribution in [0.5, 0.6) is 5.75 Å². The van der Waals surface area contributed by atoms with Gasteiger partial charge in [-0.2, -0.15) is 5.26 Å². The summed E-state index contributed by atoms with van der Waals surface area (Å²) in [5.41, 5.74) is 1.66. The number of hydrogen-bond donors (Lipinski definition) is 2. The van der Waals surface area contributed by atoms with E-state index in [1.54, 1.807) is 24.3 Å². The topological polar surface area (TPSA) is 113 Å². The van der Waals surface area contributed by atoms with E-state index in [1.165, 1.54) is 6.07 Å². The van der Waals surface area contributed by atoms with Gasteiger partial charge in [0, 0.05) is 23.2 Å². The van der Waals surface area contributed by atoms with Crippen molar-refractivity contribution in [3.63, 3.8) is 0 Å². The number of nitrogens with zero attached hydrogens (tertiary/aromatic N) is 2. The zero-order valence-corrected chi connectivity index (χ0v) is 23.6. The van der Waals surface area contributed by atoms with E-state index in [0.29, 0.717) is 34.2 Å². The maximum atomic E-state index is 12.8. The molecule has 2 unspecified atom stereocenters.